The Labute approximate surface area is 127 Å². The topological polar surface area (TPSA) is 89.3 Å². The average Bonchev–Trinajstić information content (AvgIpc) is 2.42. The summed E-state index contributed by atoms with van der Waals surface area (Å²) in [7, 11) is -3.84. The lowest BCUT2D eigenvalue weighted by atomic mass is 10.2. The summed E-state index contributed by atoms with van der Waals surface area (Å²) in [5.41, 5.74) is -0.744. The number of sulfonamides is 1. The predicted molar refractivity (Wildman–Crippen MR) is 80.5 cm³/mol. The lowest BCUT2D eigenvalue weighted by molar-refractivity contribution is -0.387. The first-order valence-corrected chi connectivity index (χ1v) is 9.18. The van der Waals surface area contributed by atoms with E-state index in [-0.39, 0.29) is 11.4 Å². The number of unbranched alkanes of at least 4 members (excludes halogenated alkanes) is 2. The molecule has 0 bridgehead atoms. The number of rotatable bonds is 9. The van der Waals surface area contributed by atoms with E-state index in [4.69, 9.17) is 0 Å². The molecule has 0 amide bonds. The fourth-order valence-electron chi connectivity index (χ4n) is 1.64. The van der Waals surface area contributed by atoms with Crippen molar-refractivity contribution in [1.29, 1.82) is 0 Å². The molecule has 9 heteroatoms. The van der Waals surface area contributed by atoms with Gasteiger partial charge in [0.25, 0.3) is 0 Å². The van der Waals surface area contributed by atoms with Crippen LogP contribution in [0.15, 0.2) is 23.1 Å². The van der Waals surface area contributed by atoms with Gasteiger partial charge in [-0.15, -0.1) is 0 Å². The minimum Gasteiger partial charge on any atom is -0.258 e. The molecule has 0 aliphatic heterocycles. The molecule has 1 N–H and O–H groups in total. The van der Waals surface area contributed by atoms with Gasteiger partial charge in [-0.2, -0.15) is 16.2 Å². The van der Waals surface area contributed by atoms with Gasteiger partial charge in [-0.3, -0.25) is 10.1 Å². The minimum atomic E-state index is -3.84. The van der Waals surface area contributed by atoms with Gasteiger partial charge in [0.1, 0.15) is 0 Å². The Morgan fingerprint density at radius 3 is 2.62 bits per heavy atom. The first kappa shape index (κ1) is 17.9. The largest absolute Gasteiger partial charge is 0.304 e. The molecule has 0 atom stereocenters. The number of nitro groups is 1. The summed E-state index contributed by atoms with van der Waals surface area (Å²) < 4.78 is 39.6. The van der Waals surface area contributed by atoms with E-state index in [0.717, 1.165) is 30.7 Å². The number of nitro benzene ring substituents is 1. The van der Waals surface area contributed by atoms with E-state index < -0.39 is 26.5 Å². The van der Waals surface area contributed by atoms with Crippen LogP contribution in [0.4, 0.5) is 10.1 Å². The van der Waals surface area contributed by atoms with Crippen LogP contribution in [0.5, 0.6) is 0 Å². The van der Waals surface area contributed by atoms with Gasteiger partial charge in [-0.05, 0) is 30.9 Å². The Kier molecular flexibility index (Phi) is 7.06. The van der Waals surface area contributed by atoms with Crippen molar-refractivity contribution in [3.8, 4) is 0 Å². The Morgan fingerprint density at radius 2 is 2.05 bits per heavy atom. The van der Waals surface area contributed by atoms with Crippen LogP contribution >= 0.6 is 11.8 Å². The molecule has 1 rings (SSSR count). The molecule has 0 aliphatic carbocycles. The maximum atomic E-state index is 13.4. The molecule has 0 spiro atoms. The minimum absolute atomic E-state index is 0.259. The Morgan fingerprint density at radius 1 is 1.33 bits per heavy atom. The van der Waals surface area contributed by atoms with Gasteiger partial charge >= 0.3 is 5.69 Å². The molecule has 0 saturated heterocycles. The van der Waals surface area contributed by atoms with Crippen LogP contribution in [-0.2, 0) is 10.0 Å². The first-order valence-electron chi connectivity index (χ1n) is 6.31. The predicted octanol–water partition coefficient (Wildman–Crippen LogP) is 2.55. The summed E-state index contributed by atoms with van der Waals surface area (Å²) in [5, 5.41) is 10.5. The highest BCUT2D eigenvalue weighted by Crippen LogP contribution is 2.20. The zero-order valence-corrected chi connectivity index (χ0v) is 13.2. The van der Waals surface area contributed by atoms with E-state index in [0.29, 0.717) is 12.5 Å². The van der Waals surface area contributed by atoms with E-state index in [2.05, 4.69) is 4.72 Å². The monoisotopic (exact) mass is 336 g/mol. The highest BCUT2D eigenvalue weighted by molar-refractivity contribution is 7.98. The third-order valence-corrected chi connectivity index (χ3v) is 4.90. The van der Waals surface area contributed by atoms with Crippen molar-refractivity contribution >= 4 is 27.5 Å². The summed E-state index contributed by atoms with van der Waals surface area (Å²) in [5.74, 6) is -0.136. The molecule has 0 radical (unpaired) electrons. The molecular formula is C12H17FN2O4S2. The fourth-order valence-corrected chi connectivity index (χ4v) is 3.22. The summed E-state index contributed by atoms with van der Waals surface area (Å²) in [4.78, 5) is 9.27. The lowest BCUT2D eigenvalue weighted by Gasteiger charge is -2.07. The van der Waals surface area contributed by atoms with Crippen LogP contribution < -0.4 is 4.72 Å². The third kappa shape index (κ3) is 5.60. The van der Waals surface area contributed by atoms with Crippen LogP contribution in [0.3, 0.4) is 0 Å². The van der Waals surface area contributed by atoms with Gasteiger partial charge in [0, 0.05) is 18.7 Å². The molecule has 0 heterocycles. The molecule has 0 aliphatic rings. The highest BCUT2D eigenvalue weighted by atomic mass is 32.2. The molecule has 0 fully saturated rings. The smallest absolute Gasteiger partial charge is 0.258 e. The normalized spacial score (nSPS) is 11.5. The summed E-state index contributed by atoms with van der Waals surface area (Å²) in [6.45, 7) is 0.259. The Balaban J connectivity index is 2.62. The second-order valence-corrected chi connectivity index (χ2v) is 7.07. The summed E-state index contributed by atoms with van der Waals surface area (Å²) in [6, 6.07) is 2.54. The number of nitrogens with zero attached hydrogens (tertiary/aromatic N) is 1. The molecule has 1 aromatic rings. The molecular weight excluding hydrogens is 319 g/mol. The van der Waals surface area contributed by atoms with Gasteiger partial charge in [-0.1, -0.05) is 6.42 Å². The fraction of sp³-hybridized carbons (Fsp3) is 0.500. The Hall–Kier alpha value is -1.19. The van der Waals surface area contributed by atoms with Crippen LogP contribution in [0.25, 0.3) is 0 Å². The lowest BCUT2D eigenvalue weighted by Crippen LogP contribution is -2.25. The van der Waals surface area contributed by atoms with Crippen molar-refractivity contribution in [3.05, 3.63) is 34.1 Å². The van der Waals surface area contributed by atoms with Gasteiger partial charge in [0.2, 0.25) is 15.8 Å². The number of hydrogen-bond donors (Lipinski definition) is 1. The third-order valence-electron chi connectivity index (χ3n) is 2.74. The molecule has 1 aromatic carbocycles. The zero-order chi connectivity index (χ0) is 15.9. The molecule has 0 aromatic heterocycles. The van der Waals surface area contributed by atoms with Crippen LogP contribution in [-0.4, -0.2) is 31.9 Å². The number of hydrogen-bond acceptors (Lipinski definition) is 5. The maximum Gasteiger partial charge on any atom is 0.304 e. The molecule has 0 unspecified atom stereocenters. The van der Waals surface area contributed by atoms with Crippen LogP contribution in [0, 0.1) is 15.9 Å². The summed E-state index contributed by atoms with van der Waals surface area (Å²) in [6.07, 6.45) is 4.61. The van der Waals surface area contributed by atoms with E-state index >= 15 is 0 Å². The van der Waals surface area contributed by atoms with Gasteiger partial charge in [0.05, 0.1) is 9.82 Å². The van der Waals surface area contributed by atoms with Gasteiger partial charge < -0.3 is 0 Å². The van der Waals surface area contributed by atoms with E-state index in [1.807, 2.05) is 6.26 Å². The van der Waals surface area contributed by atoms with E-state index in [1.165, 1.54) is 0 Å². The van der Waals surface area contributed by atoms with Crippen molar-refractivity contribution in [3.63, 3.8) is 0 Å². The maximum absolute atomic E-state index is 13.4. The number of thioether (sulfide) groups is 1. The standard InChI is InChI=1S/C12H17FN2O4S2/c1-20-8-4-2-3-7-14-21(18,19)10-5-6-12(15(16)17)11(13)9-10/h5-6,9,14H,2-4,7-8H2,1H3. The first-order chi connectivity index (χ1) is 9.88. The van der Waals surface area contributed by atoms with Crippen LogP contribution in [0.1, 0.15) is 19.3 Å². The van der Waals surface area contributed by atoms with Crippen LogP contribution in [0.2, 0.25) is 0 Å². The quantitative estimate of drug-likeness (QED) is 0.425. The molecule has 0 saturated carbocycles. The summed E-state index contributed by atoms with van der Waals surface area (Å²) >= 11 is 1.73. The van der Waals surface area contributed by atoms with E-state index in [9.17, 15) is 22.9 Å². The molecule has 6 nitrogen and oxygen atoms in total. The van der Waals surface area contributed by atoms with Gasteiger partial charge in [0.15, 0.2) is 0 Å². The van der Waals surface area contributed by atoms with Crippen molar-refractivity contribution in [2.24, 2.45) is 0 Å². The van der Waals surface area contributed by atoms with E-state index in [1.54, 1.807) is 11.8 Å². The number of benzene rings is 1. The SMILES string of the molecule is CSCCCCCNS(=O)(=O)c1ccc([N+](=O)[O-])c(F)c1. The van der Waals surface area contributed by atoms with Crippen molar-refractivity contribution in [2.45, 2.75) is 24.2 Å². The second-order valence-electron chi connectivity index (χ2n) is 4.32. The number of halogens is 1. The van der Waals surface area contributed by atoms with Crippen molar-refractivity contribution < 1.29 is 17.7 Å². The van der Waals surface area contributed by atoms with Crippen molar-refractivity contribution in [2.75, 3.05) is 18.6 Å². The second kappa shape index (κ2) is 8.30. The van der Waals surface area contributed by atoms with Gasteiger partial charge in [-0.25, -0.2) is 13.1 Å². The average molecular weight is 336 g/mol. The molecule has 21 heavy (non-hydrogen) atoms. The van der Waals surface area contributed by atoms with Crippen molar-refractivity contribution in [1.82, 2.24) is 4.72 Å². The zero-order valence-electron chi connectivity index (χ0n) is 11.5. The number of nitrogens with one attached hydrogen (secondary N) is 1. The molecule has 118 valence electrons. The Bertz CT molecular complexity index is 593. The highest BCUT2D eigenvalue weighted by Gasteiger charge is 2.20.